The Bertz CT molecular complexity index is 798. The molecule has 2 aliphatic rings. The molecular weight excluding hydrogens is 333 g/mol. The average Bonchev–Trinajstić information content (AvgIpc) is 2.64. The van der Waals surface area contributed by atoms with Crippen LogP contribution in [0.1, 0.15) is 69.8 Å². The molecule has 2 aromatic carbocycles. The largest absolute Gasteiger partial charge is 0.206 e. The van der Waals surface area contributed by atoms with Crippen LogP contribution in [0.25, 0.3) is 10.8 Å². The summed E-state index contributed by atoms with van der Waals surface area (Å²) in [5, 5.41) is 0.246. The van der Waals surface area contributed by atoms with Crippen LogP contribution in [-0.4, -0.2) is 0 Å². The predicted molar refractivity (Wildman–Crippen MR) is 99.6 cm³/mol. The van der Waals surface area contributed by atoms with Gasteiger partial charge in [-0.05, 0) is 78.9 Å². The van der Waals surface area contributed by atoms with Gasteiger partial charge in [0.15, 0.2) is 11.6 Å². The van der Waals surface area contributed by atoms with Crippen LogP contribution in [0.5, 0.6) is 0 Å². The zero-order chi connectivity index (χ0) is 18.3. The quantitative estimate of drug-likeness (QED) is 0.536. The van der Waals surface area contributed by atoms with Gasteiger partial charge >= 0.3 is 0 Å². The summed E-state index contributed by atoms with van der Waals surface area (Å²) in [4.78, 5) is 0. The lowest BCUT2D eigenvalue weighted by Crippen LogP contribution is -2.30. The van der Waals surface area contributed by atoms with E-state index in [1.165, 1.54) is 38.2 Å². The van der Waals surface area contributed by atoms with Crippen molar-refractivity contribution in [2.75, 3.05) is 0 Å². The van der Waals surface area contributed by atoms with Crippen LogP contribution >= 0.6 is 0 Å². The van der Waals surface area contributed by atoms with E-state index in [4.69, 9.17) is 0 Å². The third-order valence-corrected chi connectivity index (χ3v) is 6.88. The van der Waals surface area contributed by atoms with Gasteiger partial charge in [-0.15, -0.1) is 0 Å². The Hall–Kier alpha value is -1.51. The van der Waals surface area contributed by atoms with Crippen molar-refractivity contribution in [1.29, 1.82) is 0 Å². The fourth-order valence-corrected chi connectivity index (χ4v) is 5.60. The Kier molecular flexibility index (Phi) is 4.98. The van der Waals surface area contributed by atoms with Gasteiger partial charge in [0, 0.05) is 0 Å². The fraction of sp³-hybridized carbons (Fsp3) is 0.565. The molecule has 0 aliphatic heterocycles. The maximum Gasteiger partial charge on any atom is 0.169 e. The average molecular weight is 360 g/mol. The second-order valence-corrected chi connectivity index (χ2v) is 8.43. The molecule has 0 bridgehead atoms. The van der Waals surface area contributed by atoms with Crippen LogP contribution in [0.2, 0.25) is 0 Å². The van der Waals surface area contributed by atoms with Crippen molar-refractivity contribution in [2.24, 2.45) is 17.8 Å². The summed E-state index contributed by atoms with van der Waals surface area (Å²) < 4.78 is 43.2. The molecule has 4 unspecified atom stereocenters. The molecule has 2 fully saturated rings. The maximum atomic E-state index is 14.7. The SMILES string of the molecule is CCCC1CCC2CC(c3cc4cccc(F)c4c(F)c3F)CCC2C1. The molecule has 140 valence electrons. The highest BCUT2D eigenvalue weighted by Gasteiger charge is 2.37. The Morgan fingerprint density at radius 3 is 2.50 bits per heavy atom. The first-order chi connectivity index (χ1) is 12.6. The van der Waals surface area contributed by atoms with Gasteiger partial charge in [0.2, 0.25) is 0 Å². The van der Waals surface area contributed by atoms with E-state index in [1.807, 2.05) is 0 Å². The summed E-state index contributed by atoms with van der Waals surface area (Å²) in [6.07, 6.45) is 9.35. The van der Waals surface area contributed by atoms with Gasteiger partial charge in [-0.3, -0.25) is 0 Å². The Labute approximate surface area is 153 Å². The molecule has 0 nitrogen and oxygen atoms in total. The molecular formula is C23H27F3. The minimum atomic E-state index is -1.02. The monoisotopic (exact) mass is 360 g/mol. The lowest BCUT2D eigenvalue weighted by atomic mass is 9.63. The fourth-order valence-electron chi connectivity index (χ4n) is 5.60. The molecule has 26 heavy (non-hydrogen) atoms. The standard InChI is InChI=1S/C23H27F3/c1-2-4-14-7-8-16-12-17(10-9-15(16)11-14)19-13-18-5-3-6-20(24)21(18)23(26)22(19)25/h3,5-6,13-17H,2,4,7-12H2,1H3. The van der Waals surface area contributed by atoms with Gasteiger partial charge in [0.1, 0.15) is 5.82 Å². The predicted octanol–water partition coefficient (Wildman–Crippen LogP) is 7.36. The van der Waals surface area contributed by atoms with E-state index < -0.39 is 17.5 Å². The summed E-state index contributed by atoms with van der Waals surface area (Å²) in [6, 6.07) is 6.10. The van der Waals surface area contributed by atoms with Crippen LogP contribution in [0.4, 0.5) is 13.2 Å². The van der Waals surface area contributed by atoms with Crippen molar-refractivity contribution in [2.45, 2.75) is 64.2 Å². The first-order valence-corrected chi connectivity index (χ1v) is 10.1. The van der Waals surface area contributed by atoms with E-state index in [0.717, 1.165) is 31.1 Å². The van der Waals surface area contributed by atoms with Gasteiger partial charge in [-0.1, -0.05) is 38.3 Å². The van der Waals surface area contributed by atoms with Crippen LogP contribution in [-0.2, 0) is 0 Å². The summed E-state index contributed by atoms with van der Waals surface area (Å²) in [5.41, 5.74) is 0.453. The smallest absolute Gasteiger partial charge is 0.169 e. The van der Waals surface area contributed by atoms with Crippen LogP contribution in [0.3, 0.4) is 0 Å². The van der Waals surface area contributed by atoms with Crippen LogP contribution in [0.15, 0.2) is 24.3 Å². The molecule has 2 saturated carbocycles. The molecule has 0 N–H and O–H groups in total. The Balaban J connectivity index is 1.59. The number of halogens is 3. The molecule has 0 amide bonds. The first-order valence-electron chi connectivity index (χ1n) is 10.1. The lowest BCUT2D eigenvalue weighted by molar-refractivity contribution is 0.113. The molecule has 4 rings (SSSR count). The van der Waals surface area contributed by atoms with Crippen LogP contribution in [0, 0.1) is 35.2 Å². The molecule has 0 aromatic heterocycles. The van der Waals surface area contributed by atoms with E-state index in [2.05, 4.69) is 6.92 Å². The summed E-state index contributed by atoms with van der Waals surface area (Å²) >= 11 is 0. The van der Waals surface area contributed by atoms with Crippen LogP contribution < -0.4 is 0 Å². The molecule has 0 saturated heterocycles. The number of benzene rings is 2. The molecule has 4 atom stereocenters. The Morgan fingerprint density at radius 1 is 0.923 bits per heavy atom. The zero-order valence-corrected chi connectivity index (χ0v) is 15.4. The van der Waals surface area contributed by atoms with Crippen molar-refractivity contribution in [3.05, 3.63) is 47.3 Å². The van der Waals surface area contributed by atoms with Crippen molar-refractivity contribution in [3.63, 3.8) is 0 Å². The highest BCUT2D eigenvalue weighted by molar-refractivity contribution is 5.84. The third kappa shape index (κ3) is 3.14. The summed E-state index contributed by atoms with van der Waals surface area (Å²) in [7, 11) is 0. The molecule has 0 heterocycles. The number of rotatable bonds is 3. The molecule has 2 aliphatic carbocycles. The van der Waals surface area contributed by atoms with E-state index in [-0.39, 0.29) is 11.3 Å². The first kappa shape index (κ1) is 17.9. The van der Waals surface area contributed by atoms with E-state index in [0.29, 0.717) is 16.9 Å². The highest BCUT2D eigenvalue weighted by Crippen LogP contribution is 2.49. The molecule has 3 heteroatoms. The normalized spacial score (nSPS) is 28.9. The van der Waals surface area contributed by atoms with E-state index in [1.54, 1.807) is 18.2 Å². The van der Waals surface area contributed by atoms with Crippen molar-refractivity contribution >= 4 is 10.8 Å². The topological polar surface area (TPSA) is 0 Å². The third-order valence-electron chi connectivity index (χ3n) is 6.88. The maximum absolute atomic E-state index is 14.7. The van der Waals surface area contributed by atoms with Crippen molar-refractivity contribution in [3.8, 4) is 0 Å². The summed E-state index contributed by atoms with van der Waals surface area (Å²) in [5.74, 6) is -0.259. The number of fused-ring (bicyclic) bond motifs is 2. The van der Waals surface area contributed by atoms with Crippen molar-refractivity contribution in [1.82, 2.24) is 0 Å². The van der Waals surface area contributed by atoms with Gasteiger partial charge in [-0.25, -0.2) is 13.2 Å². The van der Waals surface area contributed by atoms with Gasteiger partial charge in [0.05, 0.1) is 5.39 Å². The van der Waals surface area contributed by atoms with Gasteiger partial charge in [-0.2, -0.15) is 0 Å². The van der Waals surface area contributed by atoms with Gasteiger partial charge in [0.25, 0.3) is 0 Å². The highest BCUT2D eigenvalue weighted by atomic mass is 19.2. The second kappa shape index (κ2) is 7.25. The molecule has 0 radical (unpaired) electrons. The number of hydrogen-bond donors (Lipinski definition) is 0. The molecule has 0 spiro atoms. The zero-order valence-electron chi connectivity index (χ0n) is 15.4. The van der Waals surface area contributed by atoms with Gasteiger partial charge < -0.3 is 0 Å². The lowest BCUT2D eigenvalue weighted by Gasteiger charge is -2.42. The van der Waals surface area contributed by atoms with E-state index in [9.17, 15) is 13.2 Å². The Morgan fingerprint density at radius 2 is 1.69 bits per heavy atom. The summed E-state index contributed by atoms with van der Waals surface area (Å²) in [6.45, 7) is 2.25. The minimum Gasteiger partial charge on any atom is -0.206 e. The second-order valence-electron chi connectivity index (χ2n) is 8.43. The molecule has 2 aromatic rings. The van der Waals surface area contributed by atoms with Crippen molar-refractivity contribution < 1.29 is 13.2 Å². The van der Waals surface area contributed by atoms with E-state index >= 15 is 0 Å². The minimum absolute atomic E-state index is 0.0566. The number of hydrogen-bond acceptors (Lipinski definition) is 0.